The highest BCUT2D eigenvalue weighted by atomic mass is 32.2. The standard InChI is InChI=1S/C30H23NO2S/c32-28-29(31-27(33-28)22-13-5-1-6-14-22)21-26(29)34-30(23-15-7-2-8-16-23,24-17-9-3-10-18-24)25-19-11-4-12-20-25/h1-20,26H,21H2/t26-,29-/m1/s1. The molecule has 2 atom stereocenters. The van der Waals surface area contributed by atoms with Crippen molar-refractivity contribution in [2.75, 3.05) is 0 Å². The number of benzene rings is 4. The molecule has 6 rings (SSSR count). The normalized spacial score (nSPS) is 21.2. The number of ether oxygens (including phenoxy) is 1. The molecule has 0 saturated heterocycles. The number of thioether (sulfide) groups is 1. The Bertz CT molecular complexity index is 1240. The molecule has 1 heterocycles. The van der Waals surface area contributed by atoms with Crippen molar-refractivity contribution in [1.82, 2.24) is 0 Å². The van der Waals surface area contributed by atoms with Crippen LogP contribution in [0, 0.1) is 0 Å². The van der Waals surface area contributed by atoms with Crippen molar-refractivity contribution in [1.29, 1.82) is 0 Å². The first-order valence-electron chi connectivity index (χ1n) is 11.4. The molecule has 2 aliphatic rings. The fourth-order valence-electron chi connectivity index (χ4n) is 4.76. The molecule has 1 fully saturated rings. The second-order valence-electron chi connectivity index (χ2n) is 8.69. The fraction of sp³-hybridized carbons (Fsp3) is 0.133. The Morgan fingerprint density at radius 3 is 1.62 bits per heavy atom. The minimum atomic E-state index is -0.820. The molecule has 0 N–H and O–H groups in total. The van der Waals surface area contributed by atoms with Gasteiger partial charge >= 0.3 is 5.97 Å². The van der Waals surface area contributed by atoms with Crippen LogP contribution in [-0.4, -0.2) is 22.7 Å². The van der Waals surface area contributed by atoms with Gasteiger partial charge in [-0.25, -0.2) is 9.79 Å². The SMILES string of the molecule is O=C1OC(c2ccccc2)=N[C@@]12C[C@H]2SC(c1ccccc1)(c1ccccc1)c1ccccc1. The summed E-state index contributed by atoms with van der Waals surface area (Å²) in [5.41, 5.74) is 3.55. The first-order valence-corrected chi connectivity index (χ1v) is 12.3. The van der Waals surface area contributed by atoms with Gasteiger partial charge < -0.3 is 4.74 Å². The Morgan fingerprint density at radius 2 is 1.15 bits per heavy atom. The van der Waals surface area contributed by atoms with E-state index < -0.39 is 10.3 Å². The lowest BCUT2D eigenvalue weighted by Gasteiger charge is -2.36. The van der Waals surface area contributed by atoms with Crippen LogP contribution in [0.3, 0.4) is 0 Å². The molecule has 4 heteroatoms. The van der Waals surface area contributed by atoms with Crippen LogP contribution in [0.2, 0.25) is 0 Å². The lowest BCUT2D eigenvalue weighted by atomic mass is 9.84. The van der Waals surface area contributed by atoms with Crippen molar-refractivity contribution < 1.29 is 9.53 Å². The monoisotopic (exact) mass is 461 g/mol. The second-order valence-corrected chi connectivity index (χ2v) is 10.1. The topological polar surface area (TPSA) is 38.7 Å². The molecule has 0 amide bonds. The number of rotatable bonds is 6. The Labute approximate surface area is 203 Å². The Morgan fingerprint density at radius 1 is 0.706 bits per heavy atom. The highest BCUT2D eigenvalue weighted by Gasteiger charge is 2.67. The van der Waals surface area contributed by atoms with Gasteiger partial charge in [-0.2, -0.15) is 0 Å². The molecule has 0 radical (unpaired) electrons. The summed E-state index contributed by atoms with van der Waals surface area (Å²) in [5.74, 6) is 0.186. The number of hydrogen-bond donors (Lipinski definition) is 0. The predicted molar refractivity (Wildman–Crippen MR) is 137 cm³/mol. The number of nitrogens with zero attached hydrogens (tertiary/aromatic N) is 1. The van der Waals surface area contributed by atoms with Crippen LogP contribution in [0.4, 0.5) is 0 Å². The van der Waals surface area contributed by atoms with Crippen LogP contribution in [0.15, 0.2) is 126 Å². The number of carbonyl (C=O) groups is 1. The van der Waals surface area contributed by atoms with Crippen LogP contribution < -0.4 is 0 Å². The maximum absolute atomic E-state index is 13.1. The quantitative estimate of drug-likeness (QED) is 0.252. The van der Waals surface area contributed by atoms with Crippen molar-refractivity contribution in [2.45, 2.75) is 22.0 Å². The van der Waals surface area contributed by atoms with Crippen molar-refractivity contribution >= 4 is 23.6 Å². The smallest absolute Gasteiger partial charge is 0.342 e. The van der Waals surface area contributed by atoms with Gasteiger partial charge in [-0.15, -0.1) is 11.8 Å². The predicted octanol–water partition coefficient (Wildman–Crippen LogP) is 6.23. The highest BCUT2D eigenvalue weighted by Crippen LogP contribution is 2.61. The summed E-state index contributed by atoms with van der Waals surface area (Å²) in [6.45, 7) is 0. The lowest BCUT2D eigenvalue weighted by molar-refractivity contribution is -0.135. The van der Waals surface area contributed by atoms with Gasteiger partial charge in [-0.1, -0.05) is 109 Å². The number of cyclic esters (lactones) is 1. The van der Waals surface area contributed by atoms with Gasteiger partial charge in [0.15, 0.2) is 5.54 Å². The van der Waals surface area contributed by atoms with Gasteiger partial charge in [0.1, 0.15) is 0 Å². The van der Waals surface area contributed by atoms with E-state index in [1.807, 2.05) is 48.5 Å². The molecule has 0 aromatic heterocycles. The zero-order valence-corrected chi connectivity index (χ0v) is 19.3. The average Bonchev–Trinajstić information content (AvgIpc) is 3.50. The van der Waals surface area contributed by atoms with Crippen molar-refractivity contribution in [3.8, 4) is 0 Å². The Kier molecular flexibility index (Phi) is 5.11. The summed E-state index contributed by atoms with van der Waals surface area (Å²) in [6, 6.07) is 41.3. The van der Waals surface area contributed by atoms with Crippen LogP contribution in [0.5, 0.6) is 0 Å². The summed E-state index contributed by atoms with van der Waals surface area (Å²) < 4.78 is 5.20. The average molecular weight is 462 g/mol. The van der Waals surface area contributed by atoms with Crippen LogP contribution >= 0.6 is 11.8 Å². The minimum Gasteiger partial charge on any atom is -0.405 e. The maximum Gasteiger partial charge on any atom is 0.342 e. The van der Waals surface area contributed by atoms with E-state index in [-0.39, 0.29) is 11.2 Å². The Balaban J connectivity index is 1.46. The van der Waals surface area contributed by atoms with Crippen LogP contribution in [-0.2, 0) is 14.3 Å². The summed E-state index contributed by atoms with van der Waals surface area (Å²) in [7, 11) is 0. The molecule has 0 bridgehead atoms. The molecular formula is C30H23NO2S. The highest BCUT2D eigenvalue weighted by molar-refractivity contribution is 8.01. The molecule has 4 aromatic rings. The van der Waals surface area contributed by atoms with E-state index in [2.05, 4.69) is 72.8 Å². The van der Waals surface area contributed by atoms with E-state index in [1.165, 1.54) is 16.7 Å². The number of carbonyl (C=O) groups excluding carboxylic acids is 1. The van der Waals surface area contributed by atoms with Gasteiger partial charge in [-0.3, -0.25) is 0 Å². The van der Waals surface area contributed by atoms with Gasteiger partial charge in [0.05, 0.1) is 4.75 Å². The fourth-order valence-corrected chi connectivity index (χ4v) is 6.69. The first-order chi connectivity index (χ1) is 16.7. The van der Waals surface area contributed by atoms with Gasteiger partial charge in [-0.05, 0) is 35.2 Å². The first kappa shape index (κ1) is 20.9. The van der Waals surface area contributed by atoms with Gasteiger partial charge in [0.2, 0.25) is 5.90 Å². The molecule has 1 aliphatic carbocycles. The molecule has 4 aromatic carbocycles. The maximum atomic E-state index is 13.1. The zero-order chi connectivity index (χ0) is 23.0. The molecule has 3 nitrogen and oxygen atoms in total. The number of aliphatic imine (C=N–C) groups is 1. The summed E-state index contributed by atoms with van der Waals surface area (Å²) in [6.07, 6.45) is 0.668. The van der Waals surface area contributed by atoms with E-state index in [4.69, 9.17) is 9.73 Å². The molecule has 166 valence electrons. The molecule has 34 heavy (non-hydrogen) atoms. The summed E-state index contributed by atoms with van der Waals surface area (Å²) >= 11 is 1.81. The van der Waals surface area contributed by atoms with E-state index in [9.17, 15) is 4.79 Å². The van der Waals surface area contributed by atoms with Gasteiger partial charge in [0.25, 0.3) is 0 Å². The van der Waals surface area contributed by atoms with Crippen LogP contribution in [0.25, 0.3) is 0 Å². The third-order valence-electron chi connectivity index (χ3n) is 6.59. The van der Waals surface area contributed by atoms with Crippen molar-refractivity contribution in [3.05, 3.63) is 144 Å². The van der Waals surface area contributed by atoms with E-state index in [0.717, 1.165) is 5.56 Å². The third kappa shape index (κ3) is 3.37. The molecule has 1 spiro atoms. The van der Waals surface area contributed by atoms with Gasteiger partial charge in [0, 0.05) is 10.8 Å². The largest absolute Gasteiger partial charge is 0.405 e. The molecule has 1 aliphatic heterocycles. The third-order valence-corrected chi connectivity index (χ3v) is 8.50. The second kappa shape index (κ2) is 8.30. The van der Waals surface area contributed by atoms with Crippen molar-refractivity contribution in [2.24, 2.45) is 4.99 Å². The van der Waals surface area contributed by atoms with Crippen molar-refractivity contribution in [3.63, 3.8) is 0 Å². The number of hydrogen-bond acceptors (Lipinski definition) is 4. The number of esters is 1. The van der Waals surface area contributed by atoms with E-state index >= 15 is 0 Å². The molecule has 0 unspecified atom stereocenters. The lowest BCUT2D eigenvalue weighted by Crippen LogP contribution is -2.29. The Hall–Kier alpha value is -3.63. The van der Waals surface area contributed by atoms with Crippen LogP contribution in [0.1, 0.15) is 28.7 Å². The molecule has 1 saturated carbocycles. The minimum absolute atomic E-state index is 0.00170. The van der Waals surface area contributed by atoms with E-state index in [0.29, 0.717) is 12.3 Å². The summed E-state index contributed by atoms with van der Waals surface area (Å²) in [4.78, 5) is 18.0. The summed E-state index contributed by atoms with van der Waals surface area (Å²) in [5, 5.41) is 0.00170. The zero-order valence-electron chi connectivity index (χ0n) is 18.5. The van der Waals surface area contributed by atoms with E-state index in [1.54, 1.807) is 11.8 Å². The molecular weight excluding hydrogens is 438 g/mol.